The standard InChI is InChI=1S/C14H30N2O/c1-4-16(10-11-17-3)12-13-8-6-5-7-9-14(13)15-2/h13-15H,4-12H2,1-3H3. The molecule has 3 nitrogen and oxygen atoms in total. The Morgan fingerprint density at radius 3 is 2.65 bits per heavy atom. The molecule has 1 fully saturated rings. The van der Waals surface area contributed by atoms with Gasteiger partial charge in [-0.1, -0.05) is 26.2 Å². The van der Waals surface area contributed by atoms with Crippen LogP contribution in [-0.4, -0.2) is 51.3 Å². The van der Waals surface area contributed by atoms with Crippen molar-refractivity contribution in [3.8, 4) is 0 Å². The number of hydrogen-bond donors (Lipinski definition) is 1. The van der Waals surface area contributed by atoms with Gasteiger partial charge in [-0.05, 0) is 32.4 Å². The van der Waals surface area contributed by atoms with Gasteiger partial charge in [0.1, 0.15) is 0 Å². The van der Waals surface area contributed by atoms with E-state index in [1.54, 1.807) is 7.11 Å². The molecule has 1 aliphatic rings. The van der Waals surface area contributed by atoms with Gasteiger partial charge in [0.15, 0.2) is 0 Å². The molecule has 3 heteroatoms. The largest absolute Gasteiger partial charge is 0.383 e. The van der Waals surface area contributed by atoms with Crippen molar-refractivity contribution in [3.05, 3.63) is 0 Å². The molecule has 0 saturated heterocycles. The minimum absolute atomic E-state index is 0.717. The van der Waals surface area contributed by atoms with Crippen molar-refractivity contribution in [1.82, 2.24) is 10.2 Å². The third-order valence-electron chi connectivity index (χ3n) is 4.08. The molecule has 2 unspecified atom stereocenters. The second-order valence-corrected chi connectivity index (χ2v) is 5.18. The molecular formula is C14H30N2O. The fourth-order valence-corrected chi connectivity index (χ4v) is 2.91. The van der Waals surface area contributed by atoms with Crippen molar-refractivity contribution in [2.24, 2.45) is 5.92 Å². The lowest BCUT2D eigenvalue weighted by Crippen LogP contribution is -2.41. The molecule has 0 radical (unpaired) electrons. The first-order chi connectivity index (χ1) is 8.31. The molecule has 17 heavy (non-hydrogen) atoms. The van der Waals surface area contributed by atoms with Crippen LogP contribution in [0.25, 0.3) is 0 Å². The van der Waals surface area contributed by atoms with Crippen LogP contribution in [0.4, 0.5) is 0 Å². The molecule has 0 aromatic carbocycles. The summed E-state index contributed by atoms with van der Waals surface area (Å²) in [6.07, 6.45) is 6.95. The molecule has 1 N–H and O–H groups in total. The van der Waals surface area contributed by atoms with Crippen molar-refractivity contribution >= 4 is 0 Å². The number of likely N-dealkylation sites (N-methyl/N-ethyl adjacent to an activating group) is 1. The van der Waals surface area contributed by atoms with E-state index < -0.39 is 0 Å². The van der Waals surface area contributed by atoms with Crippen molar-refractivity contribution in [3.63, 3.8) is 0 Å². The normalized spacial score (nSPS) is 26.1. The van der Waals surface area contributed by atoms with Gasteiger partial charge in [-0.25, -0.2) is 0 Å². The summed E-state index contributed by atoms with van der Waals surface area (Å²) < 4.78 is 5.18. The summed E-state index contributed by atoms with van der Waals surface area (Å²) in [6, 6.07) is 0.717. The number of rotatable bonds is 7. The van der Waals surface area contributed by atoms with Crippen molar-refractivity contribution < 1.29 is 4.74 Å². The van der Waals surface area contributed by atoms with E-state index in [1.165, 1.54) is 38.6 Å². The quantitative estimate of drug-likeness (QED) is 0.692. The van der Waals surface area contributed by atoms with Crippen LogP contribution in [-0.2, 0) is 4.74 Å². The number of nitrogens with zero attached hydrogens (tertiary/aromatic N) is 1. The maximum absolute atomic E-state index is 5.18. The van der Waals surface area contributed by atoms with E-state index in [0.29, 0.717) is 6.04 Å². The molecule has 0 aliphatic heterocycles. The maximum atomic E-state index is 5.18. The molecule has 1 aliphatic carbocycles. The molecule has 0 spiro atoms. The van der Waals surface area contributed by atoms with Gasteiger partial charge in [-0.15, -0.1) is 0 Å². The fourth-order valence-electron chi connectivity index (χ4n) is 2.91. The maximum Gasteiger partial charge on any atom is 0.0589 e. The van der Waals surface area contributed by atoms with Crippen molar-refractivity contribution in [2.75, 3.05) is 40.4 Å². The van der Waals surface area contributed by atoms with E-state index in [2.05, 4.69) is 24.2 Å². The van der Waals surface area contributed by atoms with Gasteiger partial charge < -0.3 is 15.0 Å². The SMILES string of the molecule is CCN(CCOC)CC1CCCCCC1NC. The Hall–Kier alpha value is -0.120. The van der Waals surface area contributed by atoms with E-state index in [0.717, 1.165) is 25.6 Å². The number of methoxy groups -OCH3 is 1. The van der Waals surface area contributed by atoms with Gasteiger partial charge in [0.2, 0.25) is 0 Å². The third kappa shape index (κ3) is 5.36. The third-order valence-corrected chi connectivity index (χ3v) is 4.08. The Morgan fingerprint density at radius 2 is 2.00 bits per heavy atom. The molecule has 0 heterocycles. The second-order valence-electron chi connectivity index (χ2n) is 5.18. The number of nitrogens with one attached hydrogen (secondary N) is 1. The first kappa shape index (κ1) is 14.9. The Labute approximate surface area is 107 Å². The van der Waals surface area contributed by atoms with Gasteiger partial charge in [0.25, 0.3) is 0 Å². The molecule has 0 aromatic heterocycles. The van der Waals surface area contributed by atoms with Crippen molar-refractivity contribution in [2.45, 2.75) is 45.1 Å². The van der Waals surface area contributed by atoms with Crippen LogP contribution in [0.5, 0.6) is 0 Å². The lowest BCUT2D eigenvalue weighted by atomic mass is 9.94. The molecule has 1 saturated carbocycles. The van der Waals surface area contributed by atoms with Crippen LogP contribution in [0, 0.1) is 5.92 Å². The summed E-state index contributed by atoms with van der Waals surface area (Å²) in [5, 5.41) is 3.52. The van der Waals surface area contributed by atoms with Gasteiger partial charge in [-0.2, -0.15) is 0 Å². The summed E-state index contributed by atoms with van der Waals surface area (Å²) in [5.74, 6) is 0.819. The van der Waals surface area contributed by atoms with Crippen molar-refractivity contribution in [1.29, 1.82) is 0 Å². The average molecular weight is 242 g/mol. The molecule has 2 atom stereocenters. The van der Waals surface area contributed by atoms with Gasteiger partial charge in [0, 0.05) is 26.2 Å². The molecule has 0 bridgehead atoms. The summed E-state index contributed by atoms with van der Waals surface area (Å²) in [7, 11) is 3.91. The summed E-state index contributed by atoms with van der Waals surface area (Å²) >= 11 is 0. The van der Waals surface area contributed by atoms with Gasteiger partial charge >= 0.3 is 0 Å². The lowest BCUT2D eigenvalue weighted by molar-refractivity contribution is 0.131. The Kier molecular flexibility index (Phi) is 7.82. The van der Waals surface area contributed by atoms with Crippen LogP contribution in [0.2, 0.25) is 0 Å². The first-order valence-electron chi connectivity index (χ1n) is 7.20. The zero-order chi connectivity index (χ0) is 12.5. The summed E-state index contributed by atoms with van der Waals surface area (Å²) in [6.45, 7) is 6.53. The number of hydrogen-bond acceptors (Lipinski definition) is 3. The molecular weight excluding hydrogens is 212 g/mol. The monoisotopic (exact) mass is 242 g/mol. The topological polar surface area (TPSA) is 24.5 Å². The average Bonchev–Trinajstić information content (AvgIpc) is 2.59. The molecule has 0 amide bonds. The zero-order valence-electron chi connectivity index (χ0n) is 11.9. The van der Waals surface area contributed by atoms with Gasteiger partial charge in [-0.3, -0.25) is 0 Å². The smallest absolute Gasteiger partial charge is 0.0589 e. The highest BCUT2D eigenvalue weighted by atomic mass is 16.5. The van der Waals surface area contributed by atoms with Crippen LogP contribution in [0.15, 0.2) is 0 Å². The molecule has 1 rings (SSSR count). The highest BCUT2D eigenvalue weighted by Gasteiger charge is 2.23. The van der Waals surface area contributed by atoms with E-state index >= 15 is 0 Å². The van der Waals surface area contributed by atoms with E-state index in [-0.39, 0.29) is 0 Å². The predicted molar refractivity (Wildman–Crippen MR) is 73.4 cm³/mol. The zero-order valence-corrected chi connectivity index (χ0v) is 11.9. The van der Waals surface area contributed by atoms with E-state index in [9.17, 15) is 0 Å². The minimum atomic E-state index is 0.717. The van der Waals surface area contributed by atoms with E-state index in [1.807, 2.05) is 0 Å². The summed E-state index contributed by atoms with van der Waals surface area (Å²) in [4.78, 5) is 2.53. The second kappa shape index (κ2) is 8.90. The van der Waals surface area contributed by atoms with Gasteiger partial charge in [0.05, 0.1) is 6.61 Å². The minimum Gasteiger partial charge on any atom is -0.383 e. The lowest BCUT2D eigenvalue weighted by Gasteiger charge is -2.30. The Morgan fingerprint density at radius 1 is 1.24 bits per heavy atom. The predicted octanol–water partition coefficient (Wildman–Crippen LogP) is 2.12. The number of ether oxygens (including phenoxy) is 1. The highest BCUT2D eigenvalue weighted by Crippen LogP contribution is 2.24. The Balaban J connectivity index is 2.43. The Bertz CT molecular complexity index is 187. The first-order valence-corrected chi connectivity index (χ1v) is 7.20. The van der Waals surface area contributed by atoms with E-state index in [4.69, 9.17) is 4.74 Å². The highest BCUT2D eigenvalue weighted by molar-refractivity contribution is 4.80. The van der Waals surface area contributed by atoms with Crippen LogP contribution in [0.1, 0.15) is 39.0 Å². The molecule has 102 valence electrons. The van der Waals surface area contributed by atoms with Crippen LogP contribution >= 0.6 is 0 Å². The molecule has 0 aromatic rings. The van der Waals surface area contributed by atoms with Crippen LogP contribution in [0.3, 0.4) is 0 Å². The summed E-state index contributed by atoms with van der Waals surface area (Å²) in [5.41, 5.74) is 0. The fraction of sp³-hybridized carbons (Fsp3) is 1.00. The van der Waals surface area contributed by atoms with Crippen LogP contribution < -0.4 is 5.32 Å².